The van der Waals surface area contributed by atoms with Crippen molar-refractivity contribution in [2.75, 3.05) is 21.2 Å². The maximum absolute atomic E-state index is 13.1. The third kappa shape index (κ3) is 9.21. The van der Waals surface area contributed by atoms with E-state index < -0.39 is 29.8 Å². The number of amidine groups is 1. The van der Waals surface area contributed by atoms with Crippen molar-refractivity contribution < 1.29 is 29.0 Å². The molecule has 5 N–H and O–H groups in total. The largest absolute Gasteiger partial charge is 0.481 e. The van der Waals surface area contributed by atoms with Crippen LogP contribution in [0.3, 0.4) is 0 Å². The lowest BCUT2D eigenvalue weighted by atomic mass is 9.83. The van der Waals surface area contributed by atoms with Gasteiger partial charge in [0.25, 0.3) is 5.97 Å². The second kappa shape index (κ2) is 14.0. The Bertz CT molecular complexity index is 859. The molecule has 0 unspecified atom stereocenters. The lowest BCUT2D eigenvalue weighted by Crippen LogP contribution is -2.51. The van der Waals surface area contributed by atoms with Gasteiger partial charge in [0.2, 0.25) is 11.8 Å². The number of carboxylic acid groups (broad SMARTS) is 1. The number of benzene rings is 1. The van der Waals surface area contributed by atoms with Gasteiger partial charge in [-0.2, -0.15) is 0 Å². The van der Waals surface area contributed by atoms with Crippen LogP contribution in [-0.2, 0) is 30.3 Å². The summed E-state index contributed by atoms with van der Waals surface area (Å²) in [4.78, 5) is 48.6. The van der Waals surface area contributed by atoms with E-state index in [1.54, 1.807) is 38.4 Å². The van der Waals surface area contributed by atoms with E-state index in [4.69, 9.17) is 25.8 Å². The first-order chi connectivity index (χ1) is 16.0. The number of amides is 2. The van der Waals surface area contributed by atoms with Gasteiger partial charge >= 0.3 is 5.97 Å². The van der Waals surface area contributed by atoms with Crippen LogP contribution < -0.4 is 11.1 Å². The van der Waals surface area contributed by atoms with Crippen molar-refractivity contribution in [2.45, 2.75) is 51.5 Å². The van der Waals surface area contributed by atoms with Gasteiger partial charge in [0, 0.05) is 26.6 Å². The topological polar surface area (TPSA) is 163 Å². The summed E-state index contributed by atoms with van der Waals surface area (Å²) in [7, 11) is 4.50. The van der Waals surface area contributed by atoms with Crippen LogP contribution in [0, 0.1) is 17.2 Å². The van der Waals surface area contributed by atoms with Gasteiger partial charge in [0.05, 0.1) is 7.11 Å². The summed E-state index contributed by atoms with van der Waals surface area (Å²) in [5.74, 6) is -3.13. The van der Waals surface area contributed by atoms with Crippen LogP contribution in [0.1, 0.15) is 50.2 Å². The van der Waals surface area contributed by atoms with Crippen molar-refractivity contribution >= 4 is 29.6 Å². The molecule has 0 radical (unpaired) electrons. The molecule has 0 bridgehead atoms. The number of carbonyl (C=O) groups is 4. The first-order valence-corrected chi connectivity index (χ1v) is 11.2. The Hall–Kier alpha value is -3.43. The molecule has 1 saturated carbocycles. The highest BCUT2D eigenvalue weighted by Crippen LogP contribution is 2.27. The van der Waals surface area contributed by atoms with Crippen LogP contribution in [0.4, 0.5) is 0 Å². The number of aliphatic carboxylic acids is 1. The van der Waals surface area contributed by atoms with E-state index in [2.05, 4.69) is 5.32 Å². The number of nitrogens with one attached hydrogen (secondary N) is 2. The molecule has 2 amide bonds. The Morgan fingerprint density at radius 2 is 1.68 bits per heavy atom. The fraction of sp³-hybridized carbons (Fsp3) is 0.542. The van der Waals surface area contributed by atoms with Crippen LogP contribution in [0.25, 0.3) is 0 Å². The van der Waals surface area contributed by atoms with Gasteiger partial charge < -0.3 is 25.8 Å². The molecule has 0 saturated heterocycles. The summed E-state index contributed by atoms with van der Waals surface area (Å²) >= 11 is 0. The SMILES string of the molecule is CC(=O)O.COC(=O)[C@@H](NC(=O)[C@@H](Cc1ccc(C(=N)N)cc1)C(=O)N(C)C)C1CCCCC1. The summed E-state index contributed by atoms with van der Waals surface area (Å²) < 4.78 is 4.93. The molecule has 1 aromatic rings. The summed E-state index contributed by atoms with van der Waals surface area (Å²) in [5, 5.41) is 17.7. The van der Waals surface area contributed by atoms with Crippen molar-refractivity contribution in [3.63, 3.8) is 0 Å². The fourth-order valence-electron chi connectivity index (χ4n) is 3.88. The zero-order chi connectivity index (χ0) is 25.8. The number of methoxy groups -OCH3 is 1. The Labute approximate surface area is 200 Å². The van der Waals surface area contributed by atoms with Gasteiger partial charge in [0.15, 0.2) is 0 Å². The van der Waals surface area contributed by atoms with Gasteiger partial charge in [0.1, 0.15) is 17.8 Å². The Morgan fingerprint density at radius 1 is 1.15 bits per heavy atom. The number of nitrogen functional groups attached to an aromatic ring is 1. The maximum Gasteiger partial charge on any atom is 0.328 e. The van der Waals surface area contributed by atoms with Gasteiger partial charge in [-0.25, -0.2) is 4.79 Å². The first kappa shape index (κ1) is 28.6. The summed E-state index contributed by atoms with van der Waals surface area (Å²) in [6, 6.07) is 6.12. The van der Waals surface area contributed by atoms with E-state index in [1.165, 1.54) is 12.0 Å². The minimum Gasteiger partial charge on any atom is -0.481 e. The summed E-state index contributed by atoms with van der Waals surface area (Å²) in [6.07, 6.45) is 5.01. The third-order valence-corrected chi connectivity index (χ3v) is 5.63. The number of nitrogens with zero attached hydrogens (tertiary/aromatic N) is 1. The number of hydrogen-bond acceptors (Lipinski definition) is 6. The van der Waals surface area contributed by atoms with Crippen LogP contribution in [-0.4, -0.2) is 66.8 Å². The van der Waals surface area contributed by atoms with E-state index in [0.29, 0.717) is 5.56 Å². The fourth-order valence-corrected chi connectivity index (χ4v) is 3.88. The van der Waals surface area contributed by atoms with Crippen LogP contribution in [0.5, 0.6) is 0 Å². The van der Waals surface area contributed by atoms with E-state index in [-0.39, 0.29) is 24.1 Å². The third-order valence-electron chi connectivity index (χ3n) is 5.63. The van der Waals surface area contributed by atoms with Crippen molar-refractivity contribution in [1.82, 2.24) is 10.2 Å². The minimum absolute atomic E-state index is 0.0140. The highest BCUT2D eigenvalue weighted by Gasteiger charge is 2.36. The molecule has 2 atom stereocenters. The number of ether oxygens (including phenoxy) is 1. The van der Waals surface area contributed by atoms with Gasteiger partial charge in [-0.05, 0) is 30.7 Å². The second-order valence-electron chi connectivity index (χ2n) is 8.53. The molecular weight excluding hydrogens is 440 g/mol. The van der Waals surface area contributed by atoms with Crippen molar-refractivity contribution in [1.29, 1.82) is 5.41 Å². The van der Waals surface area contributed by atoms with Crippen molar-refractivity contribution in [3.8, 4) is 0 Å². The van der Waals surface area contributed by atoms with E-state index in [9.17, 15) is 14.4 Å². The number of hydrogen-bond donors (Lipinski definition) is 4. The van der Waals surface area contributed by atoms with Crippen molar-refractivity contribution in [2.24, 2.45) is 17.6 Å². The van der Waals surface area contributed by atoms with Gasteiger partial charge in [-0.1, -0.05) is 43.5 Å². The highest BCUT2D eigenvalue weighted by atomic mass is 16.5. The average molecular weight is 477 g/mol. The molecule has 0 spiro atoms. The smallest absolute Gasteiger partial charge is 0.328 e. The highest BCUT2D eigenvalue weighted by molar-refractivity contribution is 6.01. The zero-order valence-electron chi connectivity index (χ0n) is 20.3. The second-order valence-corrected chi connectivity index (χ2v) is 8.53. The monoisotopic (exact) mass is 476 g/mol. The number of rotatable bonds is 8. The standard InChI is InChI=1S/C22H32N4O4.C2H4O2/c1-26(2)21(28)17(13-14-9-11-16(12-10-14)19(23)24)20(27)25-18(22(29)30-3)15-7-5-4-6-8-15;1-2(3)4/h9-12,15,17-18H,4-8,13H2,1-3H3,(H3,23,24)(H,25,27);1H3,(H,3,4)/t17-,18+;/m1./s1. The van der Waals surface area contributed by atoms with E-state index in [1.807, 2.05) is 0 Å². The molecule has 0 aliphatic heterocycles. The Balaban J connectivity index is 0.00000133. The number of nitrogens with two attached hydrogens (primary N) is 1. The number of carbonyl (C=O) groups excluding carboxylic acids is 3. The number of esters is 1. The molecule has 1 aliphatic carbocycles. The number of carboxylic acids is 1. The quantitative estimate of drug-likeness (QED) is 0.191. The summed E-state index contributed by atoms with van der Waals surface area (Å²) in [5.41, 5.74) is 6.82. The molecule has 2 rings (SSSR count). The van der Waals surface area contributed by atoms with Crippen molar-refractivity contribution in [3.05, 3.63) is 35.4 Å². The zero-order valence-corrected chi connectivity index (χ0v) is 20.3. The first-order valence-electron chi connectivity index (χ1n) is 11.2. The molecule has 34 heavy (non-hydrogen) atoms. The molecule has 1 fully saturated rings. The Kier molecular flexibility index (Phi) is 11.8. The van der Waals surface area contributed by atoms with Gasteiger partial charge in [-0.3, -0.25) is 19.8 Å². The van der Waals surface area contributed by atoms with Gasteiger partial charge in [-0.15, -0.1) is 0 Å². The van der Waals surface area contributed by atoms with Crippen LogP contribution >= 0.6 is 0 Å². The predicted molar refractivity (Wildman–Crippen MR) is 127 cm³/mol. The lowest BCUT2D eigenvalue weighted by Gasteiger charge is -2.30. The average Bonchev–Trinajstić information content (AvgIpc) is 2.80. The molecule has 0 aromatic heterocycles. The molecule has 10 heteroatoms. The van der Waals surface area contributed by atoms with E-state index >= 15 is 0 Å². The molecule has 188 valence electrons. The minimum atomic E-state index is -0.973. The summed E-state index contributed by atoms with van der Waals surface area (Å²) in [6.45, 7) is 1.08. The normalized spacial score (nSPS) is 15.1. The molecule has 0 heterocycles. The molecule has 1 aliphatic rings. The maximum atomic E-state index is 13.1. The van der Waals surface area contributed by atoms with E-state index in [0.717, 1.165) is 44.6 Å². The molecule has 10 nitrogen and oxygen atoms in total. The molecular formula is C24H36N4O6. The predicted octanol–water partition coefficient (Wildman–Crippen LogP) is 1.55. The Morgan fingerprint density at radius 3 is 2.12 bits per heavy atom. The lowest BCUT2D eigenvalue weighted by molar-refractivity contribution is -0.149. The van der Waals surface area contributed by atoms with Crippen LogP contribution in [0.2, 0.25) is 0 Å². The van der Waals surface area contributed by atoms with Crippen LogP contribution in [0.15, 0.2) is 24.3 Å². The molecule has 1 aromatic carbocycles.